The molecule has 2 nitrogen and oxygen atoms in total. The lowest BCUT2D eigenvalue weighted by Gasteiger charge is -2.20. The van der Waals surface area contributed by atoms with E-state index in [1.165, 1.54) is 38.8 Å². The van der Waals surface area contributed by atoms with Crippen molar-refractivity contribution in [2.75, 3.05) is 5.73 Å². The quantitative estimate of drug-likeness (QED) is 0.272. The highest BCUT2D eigenvalue weighted by molar-refractivity contribution is 5.98. The number of nitrogens with two attached hydrogens (primary N) is 1. The van der Waals surface area contributed by atoms with Crippen molar-refractivity contribution < 1.29 is 0 Å². The van der Waals surface area contributed by atoms with Crippen LogP contribution in [0.2, 0.25) is 0 Å². The van der Waals surface area contributed by atoms with Gasteiger partial charge in [0.1, 0.15) is 0 Å². The summed E-state index contributed by atoms with van der Waals surface area (Å²) in [5.74, 6) is 0. The Hall–Kier alpha value is -3.91. The van der Waals surface area contributed by atoms with Crippen molar-refractivity contribution in [2.24, 2.45) is 0 Å². The van der Waals surface area contributed by atoms with Crippen molar-refractivity contribution in [1.82, 2.24) is 4.98 Å². The van der Waals surface area contributed by atoms with Gasteiger partial charge in [-0.25, -0.2) is 4.98 Å². The zero-order valence-corrected chi connectivity index (χ0v) is 19.9. The van der Waals surface area contributed by atoms with Crippen LogP contribution in [-0.2, 0) is 19.3 Å². The third-order valence-corrected chi connectivity index (χ3v) is 6.63. The summed E-state index contributed by atoms with van der Waals surface area (Å²) in [7, 11) is 0. The van der Waals surface area contributed by atoms with Gasteiger partial charge in [0.15, 0.2) is 0 Å². The van der Waals surface area contributed by atoms with Crippen molar-refractivity contribution in [3.8, 4) is 22.4 Å². The molecule has 4 aromatic carbocycles. The number of fused-ring (bicyclic) bond motifs is 1. The maximum Gasteiger partial charge on any atom is 0.0811 e. The highest BCUT2D eigenvalue weighted by Gasteiger charge is 2.20. The third kappa shape index (κ3) is 4.20. The maximum absolute atomic E-state index is 6.58. The van der Waals surface area contributed by atoms with Gasteiger partial charge < -0.3 is 5.73 Å². The molecular weight excluding hydrogens is 412 g/mol. The molecule has 5 rings (SSSR count). The molecule has 1 aromatic heterocycles. The zero-order valence-electron chi connectivity index (χ0n) is 19.9. The maximum atomic E-state index is 6.58. The van der Waals surface area contributed by atoms with E-state index in [2.05, 4.69) is 105 Å². The molecular formula is C32H30N2. The molecule has 0 saturated heterocycles. The lowest BCUT2D eigenvalue weighted by molar-refractivity contribution is 1.13. The van der Waals surface area contributed by atoms with Crippen LogP contribution in [0.15, 0.2) is 97.1 Å². The Balaban J connectivity index is 1.90. The van der Waals surface area contributed by atoms with Gasteiger partial charge in [0.05, 0.1) is 11.2 Å². The SMILES string of the molecule is CCc1ccc(N)c(-c2nc3ccc(CC)cc3c(Cc3ccccc3)c2-c2ccccc2)c1. The van der Waals surface area contributed by atoms with Crippen LogP contribution >= 0.6 is 0 Å². The van der Waals surface area contributed by atoms with Crippen LogP contribution < -0.4 is 5.73 Å². The molecule has 1 heterocycles. The van der Waals surface area contributed by atoms with Crippen molar-refractivity contribution in [3.05, 3.63) is 119 Å². The number of rotatable bonds is 6. The third-order valence-electron chi connectivity index (χ3n) is 6.63. The van der Waals surface area contributed by atoms with E-state index in [1.54, 1.807) is 0 Å². The number of aromatic nitrogens is 1. The summed E-state index contributed by atoms with van der Waals surface area (Å²) in [6.07, 6.45) is 2.78. The molecule has 2 heteroatoms. The fourth-order valence-electron chi connectivity index (χ4n) is 4.72. The van der Waals surface area contributed by atoms with E-state index < -0.39 is 0 Å². The predicted octanol–water partition coefficient (Wildman–Crippen LogP) is 7.87. The Morgan fingerprint density at radius 2 is 1.32 bits per heavy atom. The first kappa shape index (κ1) is 21.9. The number of hydrogen-bond acceptors (Lipinski definition) is 2. The molecule has 0 bridgehead atoms. The van der Waals surface area contributed by atoms with Crippen LogP contribution in [0.1, 0.15) is 36.1 Å². The van der Waals surface area contributed by atoms with Crippen LogP contribution in [0.3, 0.4) is 0 Å². The zero-order chi connectivity index (χ0) is 23.5. The minimum atomic E-state index is 0.761. The number of aryl methyl sites for hydroxylation is 2. The Morgan fingerprint density at radius 3 is 2.03 bits per heavy atom. The van der Waals surface area contributed by atoms with E-state index in [9.17, 15) is 0 Å². The van der Waals surface area contributed by atoms with Gasteiger partial charge in [0, 0.05) is 22.2 Å². The van der Waals surface area contributed by atoms with E-state index in [-0.39, 0.29) is 0 Å². The summed E-state index contributed by atoms with van der Waals surface area (Å²) in [5, 5.41) is 1.22. The highest BCUT2D eigenvalue weighted by atomic mass is 14.7. The van der Waals surface area contributed by atoms with Gasteiger partial charge in [-0.05, 0) is 71.3 Å². The first-order chi connectivity index (χ1) is 16.7. The number of anilines is 1. The highest BCUT2D eigenvalue weighted by Crippen LogP contribution is 2.41. The average Bonchev–Trinajstić information content (AvgIpc) is 2.89. The minimum absolute atomic E-state index is 0.761. The molecule has 0 aliphatic carbocycles. The second kappa shape index (κ2) is 9.52. The summed E-state index contributed by atoms with van der Waals surface area (Å²) in [4.78, 5) is 5.26. The summed E-state index contributed by atoms with van der Waals surface area (Å²) < 4.78 is 0. The van der Waals surface area contributed by atoms with Gasteiger partial charge in [-0.2, -0.15) is 0 Å². The predicted molar refractivity (Wildman–Crippen MR) is 145 cm³/mol. The molecule has 0 aliphatic rings. The summed E-state index contributed by atoms with van der Waals surface area (Å²) in [6, 6.07) is 34.4. The second-order valence-electron chi connectivity index (χ2n) is 8.82. The number of pyridine rings is 1. The molecule has 0 unspecified atom stereocenters. The van der Waals surface area contributed by atoms with Crippen molar-refractivity contribution in [3.63, 3.8) is 0 Å². The van der Waals surface area contributed by atoms with Crippen molar-refractivity contribution >= 4 is 16.6 Å². The summed E-state index contributed by atoms with van der Waals surface area (Å²) in [5.41, 5.74) is 17.8. The van der Waals surface area contributed by atoms with Gasteiger partial charge in [-0.15, -0.1) is 0 Å². The van der Waals surface area contributed by atoms with Crippen LogP contribution in [0.4, 0.5) is 5.69 Å². The Morgan fingerprint density at radius 1 is 0.676 bits per heavy atom. The monoisotopic (exact) mass is 442 g/mol. The van der Waals surface area contributed by atoms with Gasteiger partial charge in [-0.3, -0.25) is 0 Å². The molecule has 2 N–H and O–H groups in total. The van der Waals surface area contributed by atoms with Crippen molar-refractivity contribution in [2.45, 2.75) is 33.1 Å². The number of nitrogens with zero attached hydrogens (tertiary/aromatic N) is 1. The number of nitrogen functional groups attached to an aromatic ring is 1. The minimum Gasteiger partial charge on any atom is -0.398 e. The van der Waals surface area contributed by atoms with Gasteiger partial charge in [0.25, 0.3) is 0 Å². The molecule has 0 amide bonds. The molecule has 0 radical (unpaired) electrons. The summed E-state index contributed by atoms with van der Waals surface area (Å²) >= 11 is 0. The van der Waals surface area contributed by atoms with E-state index in [0.717, 1.165) is 41.7 Å². The Bertz CT molecular complexity index is 1440. The number of benzene rings is 4. The fourth-order valence-corrected chi connectivity index (χ4v) is 4.72. The Kier molecular flexibility index (Phi) is 6.14. The van der Waals surface area contributed by atoms with Crippen LogP contribution in [0.25, 0.3) is 33.3 Å². The largest absolute Gasteiger partial charge is 0.398 e. The standard InChI is InChI=1S/C32H30N2/c1-3-22-15-17-29(33)28(20-22)32-31(25-13-9-6-10-14-25)27(21-24-11-7-5-8-12-24)26-19-23(4-2)16-18-30(26)34-32/h5-20H,3-4,21,33H2,1-2H3. The average molecular weight is 443 g/mol. The second-order valence-corrected chi connectivity index (χ2v) is 8.82. The lowest BCUT2D eigenvalue weighted by atomic mass is 9.87. The van der Waals surface area contributed by atoms with Crippen LogP contribution in [-0.4, -0.2) is 4.98 Å². The Labute approximate surface area is 202 Å². The van der Waals surface area contributed by atoms with Gasteiger partial charge >= 0.3 is 0 Å². The molecule has 0 aliphatic heterocycles. The van der Waals surface area contributed by atoms with E-state index in [4.69, 9.17) is 10.7 Å². The number of hydrogen-bond donors (Lipinski definition) is 1. The molecule has 5 aromatic rings. The normalized spacial score (nSPS) is 11.1. The van der Waals surface area contributed by atoms with Crippen LogP contribution in [0.5, 0.6) is 0 Å². The first-order valence-electron chi connectivity index (χ1n) is 12.1. The smallest absolute Gasteiger partial charge is 0.0811 e. The van der Waals surface area contributed by atoms with Crippen LogP contribution in [0, 0.1) is 0 Å². The molecule has 0 saturated carbocycles. The molecule has 34 heavy (non-hydrogen) atoms. The fraction of sp³-hybridized carbons (Fsp3) is 0.156. The topological polar surface area (TPSA) is 38.9 Å². The lowest BCUT2D eigenvalue weighted by Crippen LogP contribution is -2.03. The molecule has 0 atom stereocenters. The van der Waals surface area contributed by atoms with E-state index in [0.29, 0.717) is 0 Å². The molecule has 168 valence electrons. The van der Waals surface area contributed by atoms with E-state index >= 15 is 0 Å². The summed E-state index contributed by atoms with van der Waals surface area (Å²) in [6.45, 7) is 4.38. The molecule has 0 spiro atoms. The molecule has 0 fully saturated rings. The first-order valence-corrected chi connectivity index (χ1v) is 12.1. The van der Waals surface area contributed by atoms with Gasteiger partial charge in [0.2, 0.25) is 0 Å². The van der Waals surface area contributed by atoms with Gasteiger partial charge in [-0.1, -0.05) is 86.6 Å². The van der Waals surface area contributed by atoms with Crippen molar-refractivity contribution in [1.29, 1.82) is 0 Å². The van der Waals surface area contributed by atoms with E-state index in [1.807, 2.05) is 6.07 Å².